The van der Waals surface area contributed by atoms with Crippen LogP contribution >= 0.6 is 0 Å². The Morgan fingerprint density at radius 1 is 1.75 bits per heavy atom. The molecule has 1 rings (SSSR count). The van der Waals surface area contributed by atoms with E-state index in [1.54, 1.807) is 0 Å². The van der Waals surface area contributed by atoms with E-state index in [0.29, 0.717) is 6.08 Å². The first-order chi connectivity index (χ1) is 5.41. The second kappa shape index (κ2) is 2.82. The number of aliphatic carboxylic acids is 1. The molecule has 0 aromatic rings. The van der Waals surface area contributed by atoms with Gasteiger partial charge in [0.25, 0.3) is 5.92 Å². The predicted molar refractivity (Wildman–Crippen MR) is 37.9 cm³/mol. The lowest BCUT2D eigenvalue weighted by molar-refractivity contribution is -0.133. The number of carboxylic acid groups (broad SMARTS) is 1. The van der Waals surface area contributed by atoms with Gasteiger partial charge in [-0.25, -0.2) is 13.6 Å². The third-order valence-electron chi connectivity index (χ3n) is 1.68. The van der Waals surface area contributed by atoms with E-state index in [2.05, 4.69) is 0 Å². The molecule has 1 atom stereocenters. The fourth-order valence-electron chi connectivity index (χ4n) is 1.23. The van der Waals surface area contributed by atoms with Gasteiger partial charge >= 0.3 is 5.97 Å². The SMILES string of the molecule is N[C@H]1CC(C(=O)O)=CC(F)(F)C1. The van der Waals surface area contributed by atoms with E-state index in [-0.39, 0.29) is 12.0 Å². The Balaban J connectivity index is 2.88. The summed E-state index contributed by atoms with van der Waals surface area (Å²) in [6.45, 7) is 0. The number of carboxylic acids is 1. The molecule has 0 unspecified atom stereocenters. The molecule has 0 bridgehead atoms. The zero-order chi connectivity index (χ0) is 9.35. The van der Waals surface area contributed by atoms with Gasteiger partial charge in [0.1, 0.15) is 0 Å². The maximum atomic E-state index is 12.6. The van der Waals surface area contributed by atoms with Gasteiger partial charge in [0.15, 0.2) is 0 Å². The highest BCUT2D eigenvalue weighted by atomic mass is 19.3. The Hall–Kier alpha value is -0.970. The largest absolute Gasteiger partial charge is 0.478 e. The van der Waals surface area contributed by atoms with E-state index in [9.17, 15) is 13.6 Å². The number of alkyl halides is 2. The van der Waals surface area contributed by atoms with Crippen LogP contribution in [-0.2, 0) is 4.79 Å². The Morgan fingerprint density at radius 2 is 2.33 bits per heavy atom. The second-order valence-corrected chi connectivity index (χ2v) is 2.90. The van der Waals surface area contributed by atoms with Crippen molar-refractivity contribution in [3.8, 4) is 0 Å². The fraction of sp³-hybridized carbons (Fsp3) is 0.571. The van der Waals surface area contributed by atoms with E-state index >= 15 is 0 Å². The standard InChI is InChI=1S/C7H9F2NO2/c8-7(9)2-4(6(11)12)1-5(10)3-7/h2,5H,1,3,10H2,(H,11,12)/t5-/m0/s1. The molecule has 0 heterocycles. The molecular formula is C7H9F2NO2. The van der Waals surface area contributed by atoms with Gasteiger partial charge < -0.3 is 10.8 Å². The highest BCUT2D eigenvalue weighted by molar-refractivity contribution is 5.87. The van der Waals surface area contributed by atoms with E-state index < -0.39 is 24.4 Å². The molecule has 1 aliphatic carbocycles. The van der Waals surface area contributed by atoms with Crippen LogP contribution < -0.4 is 5.73 Å². The summed E-state index contributed by atoms with van der Waals surface area (Å²) >= 11 is 0. The van der Waals surface area contributed by atoms with Crippen LogP contribution in [0, 0.1) is 0 Å². The van der Waals surface area contributed by atoms with Crippen LogP contribution in [0.4, 0.5) is 8.78 Å². The van der Waals surface area contributed by atoms with Crippen LogP contribution in [0.1, 0.15) is 12.8 Å². The summed E-state index contributed by atoms with van der Waals surface area (Å²) in [6, 6.07) is -0.754. The van der Waals surface area contributed by atoms with Crippen LogP contribution in [0.15, 0.2) is 11.6 Å². The van der Waals surface area contributed by atoms with Gasteiger partial charge in [-0.2, -0.15) is 0 Å². The van der Waals surface area contributed by atoms with E-state index in [1.807, 2.05) is 0 Å². The topological polar surface area (TPSA) is 63.3 Å². The van der Waals surface area contributed by atoms with E-state index in [0.717, 1.165) is 0 Å². The molecular weight excluding hydrogens is 168 g/mol. The van der Waals surface area contributed by atoms with Crippen molar-refractivity contribution in [1.29, 1.82) is 0 Å². The van der Waals surface area contributed by atoms with E-state index in [1.165, 1.54) is 0 Å². The molecule has 0 amide bonds. The highest BCUT2D eigenvalue weighted by Crippen LogP contribution is 2.30. The first kappa shape index (κ1) is 9.12. The average Bonchev–Trinajstić information content (AvgIpc) is 1.82. The maximum absolute atomic E-state index is 12.6. The number of rotatable bonds is 1. The molecule has 0 saturated heterocycles. The van der Waals surface area contributed by atoms with Crippen LogP contribution in [0.3, 0.4) is 0 Å². The van der Waals surface area contributed by atoms with Crippen molar-refractivity contribution in [3.63, 3.8) is 0 Å². The molecule has 0 aliphatic heterocycles. The lowest BCUT2D eigenvalue weighted by atomic mass is 9.93. The van der Waals surface area contributed by atoms with Crippen molar-refractivity contribution in [2.24, 2.45) is 5.73 Å². The third-order valence-corrected chi connectivity index (χ3v) is 1.68. The molecule has 3 nitrogen and oxygen atoms in total. The minimum absolute atomic E-state index is 0.0188. The average molecular weight is 177 g/mol. The van der Waals surface area contributed by atoms with E-state index in [4.69, 9.17) is 10.8 Å². The summed E-state index contributed by atoms with van der Waals surface area (Å²) in [5.74, 6) is -4.38. The number of hydrogen-bond donors (Lipinski definition) is 2. The normalized spacial score (nSPS) is 27.9. The number of hydrogen-bond acceptors (Lipinski definition) is 2. The second-order valence-electron chi connectivity index (χ2n) is 2.90. The fourth-order valence-corrected chi connectivity index (χ4v) is 1.23. The summed E-state index contributed by atoms with van der Waals surface area (Å²) < 4.78 is 25.3. The summed E-state index contributed by atoms with van der Waals surface area (Å²) in [5, 5.41) is 8.43. The molecule has 68 valence electrons. The number of carbonyl (C=O) groups is 1. The van der Waals surface area contributed by atoms with Gasteiger partial charge in [-0.1, -0.05) is 0 Å². The van der Waals surface area contributed by atoms with Crippen molar-refractivity contribution in [2.45, 2.75) is 24.8 Å². The molecule has 5 heteroatoms. The van der Waals surface area contributed by atoms with Gasteiger partial charge in [-0.3, -0.25) is 0 Å². The third kappa shape index (κ3) is 2.01. The Kier molecular flexibility index (Phi) is 2.14. The van der Waals surface area contributed by atoms with Crippen molar-refractivity contribution in [3.05, 3.63) is 11.6 Å². The van der Waals surface area contributed by atoms with Crippen molar-refractivity contribution in [1.82, 2.24) is 0 Å². The van der Waals surface area contributed by atoms with Gasteiger partial charge in [0, 0.05) is 18.0 Å². The zero-order valence-corrected chi connectivity index (χ0v) is 6.26. The molecule has 0 fully saturated rings. The smallest absolute Gasteiger partial charge is 0.331 e. The van der Waals surface area contributed by atoms with Crippen LogP contribution in [0.5, 0.6) is 0 Å². The number of nitrogens with two attached hydrogens (primary N) is 1. The molecule has 0 aromatic heterocycles. The summed E-state index contributed by atoms with van der Waals surface area (Å²) in [6.07, 6.45) is 0.0351. The van der Waals surface area contributed by atoms with Gasteiger partial charge in [-0.15, -0.1) is 0 Å². The first-order valence-electron chi connectivity index (χ1n) is 3.49. The summed E-state index contributed by atoms with van der Waals surface area (Å²) in [4.78, 5) is 10.3. The van der Waals surface area contributed by atoms with Crippen LogP contribution in [0.25, 0.3) is 0 Å². The minimum atomic E-state index is -3.06. The molecule has 12 heavy (non-hydrogen) atoms. The summed E-state index contributed by atoms with van der Waals surface area (Å²) in [5.41, 5.74) is 4.96. The molecule has 3 N–H and O–H groups in total. The molecule has 1 aliphatic rings. The lowest BCUT2D eigenvalue weighted by Gasteiger charge is -2.23. The van der Waals surface area contributed by atoms with Gasteiger partial charge in [0.2, 0.25) is 0 Å². The predicted octanol–water partition coefficient (Wildman–Crippen LogP) is 0.754. The first-order valence-corrected chi connectivity index (χ1v) is 3.49. The van der Waals surface area contributed by atoms with Gasteiger partial charge in [0.05, 0.1) is 0 Å². The Bertz CT molecular complexity index is 238. The van der Waals surface area contributed by atoms with Crippen molar-refractivity contribution < 1.29 is 18.7 Å². The molecule has 0 spiro atoms. The number of halogens is 2. The van der Waals surface area contributed by atoms with Crippen molar-refractivity contribution >= 4 is 5.97 Å². The van der Waals surface area contributed by atoms with Crippen molar-refractivity contribution in [2.75, 3.05) is 0 Å². The minimum Gasteiger partial charge on any atom is -0.478 e. The molecule has 0 radical (unpaired) electrons. The summed E-state index contributed by atoms with van der Waals surface area (Å²) in [7, 11) is 0. The van der Waals surface area contributed by atoms with Crippen LogP contribution in [-0.4, -0.2) is 23.0 Å². The zero-order valence-electron chi connectivity index (χ0n) is 6.26. The molecule has 0 aromatic carbocycles. The van der Waals surface area contributed by atoms with Gasteiger partial charge in [-0.05, 0) is 12.5 Å². The lowest BCUT2D eigenvalue weighted by Crippen LogP contribution is -2.35. The Labute approximate surface area is 67.9 Å². The Morgan fingerprint density at radius 3 is 2.75 bits per heavy atom. The van der Waals surface area contributed by atoms with Crippen LogP contribution in [0.2, 0.25) is 0 Å². The maximum Gasteiger partial charge on any atom is 0.331 e. The monoisotopic (exact) mass is 177 g/mol. The highest BCUT2D eigenvalue weighted by Gasteiger charge is 2.35. The number of allylic oxidation sites excluding steroid dienone is 1. The quantitative estimate of drug-likeness (QED) is 0.621. The molecule has 0 saturated carbocycles.